The molecule has 0 aromatic rings. The van der Waals surface area contributed by atoms with Crippen LogP contribution in [-0.2, 0) is 0 Å². The quantitative estimate of drug-likeness (QED) is 0.539. The van der Waals surface area contributed by atoms with Crippen molar-refractivity contribution in [2.24, 2.45) is 5.92 Å². The van der Waals surface area contributed by atoms with Gasteiger partial charge in [0.1, 0.15) is 6.17 Å². The van der Waals surface area contributed by atoms with Gasteiger partial charge in [-0.05, 0) is 7.05 Å². The Kier molecular flexibility index (Phi) is 2.03. The van der Waals surface area contributed by atoms with Crippen molar-refractivity contribution in [1.29, 1.82) is 0 Å². The summed E-state index contributed by atoms with van der Waals surface area (Å²) in [6.07, 6.45) is -0.819. The van der Waals surface area contributed by atoms with Crippen LogP contribution in [-0.4, -0.2) is 42.9 Å². The zero-order valence-corrected chi connectivity index (χ0v) is 5.55. The molecule has 0 aromatic carbocycles. The van der Waals surface area contributed by atoms with Gasteiger partial charge in [-0.3, -0.25) is 0 Å². The van der Waals surface area contributed by atoms with E-state index in [0.717, 1.165) is 0 Å². The fourth-order valence-electron chi connectivity index (χ4n) is 1.21. The molecule has 1 saturated heterocycles. The molecule has 1 aliphatic heterocycles. The second-order valence-corrected chi connectivity index (χ2v) is 2.68. The maximum atomic E-state index is 12.6. The zero-order valence-electron chi connectivity index (χ0n) is 5.55. The Morgan fingerprint density at radius 1 is 1.67 bits per heavy atom. The molecule has 9 heavy (non-hydrogen) atoms. The van der Waals surface area contributed by atoms with E-state index in [4.69, 9.17) is 5.11 Å². The van der Waals surface area contributed by atoms with E-state index in [1.54, 1.807) is 0 Å². The van der Waals surface area contributed by atoms with Crippen molar-refractivity contribution in [3.8, 4) is 0 Å². The van der Waals surface area contributed by atoms with Gasteiger partial charge in [-0.2, -0.15) is 0 Å². The molecule has 1 N–H and O–H groups in total. The summed E-state index contributed by atoms with van der Waals surface area (Å²) in [4.78, 5) is 1.89. The minimum absolute atomic E-state index is 0.0223. The molecule has 3 heteroatoms. The van der Waals surface area contributed by atoms with E-state index in [2.05, 4.69) is 0 Å². The lowest BCUT2D eigenvalue weighted by molar-refractivity contribution is 0.174. The van der Waals surface area contributed by atoms with Crippen LogP contribution in [0.3, 0.4) is 0 Å². The van der Waals surface area contributed by atoms with Gasteiger partial charge in [-0.25, -0.2) is 4.39 Å². The second kappa shape index (κ2) is 2.62. The molecule has 2 atom stereocenters. The molecule has 0 radical (unpaired) electrons. The summed E-state index contributed by atoms with van der Waals surface area (Å²) >= 11 is 0. The van der Waals surface area contributed by atoms with Gasteiger partial charge in [-0.1, -0.05) is 0 Å². The van der Waals surface area contributed by atoms with Crippen LogP contribution in [0.25, 0.3) is 0 Å². The topological polar surface area (TPSA) is 23.5 Å². The average molecular weight is 133 g/mol. The summed E-state index contributed by atoms with van der Waals surface area (Å²) in [7, 11) is 1.86. The van der Waals surface area contributed by atoms with E-state index in [1.165, 1.54) is 0 Å². The summed E-state index contributed by atoms with van der Waals surface area (Å²) in [6, 6.07) is 0. The largest absolute Gasteiger partial charge is 0.396 e. The normalized spacial score (nSPS) is 37.7. The lowest BCUT2D eigenvalue weighted by Gasteiger charge is -2.05. The summed E-state index contributed by atoms with van der Waals surface area (Å²) in [6.45, 7) is 1.15. The van der Waals surface area contributed by atoms with Gasteiger partial charge in [0.15, 0.2) is 0 Å². The number of aliphatic hydroxyl groups is 1. The molecular formula is C6H12FNO. The molecule has 0 amide bonds. The van der Waals surface area contributed by atoms with Crippen molar-refractivity contribution in [2.75, 3.05) is 26.7 Å². The minimum atomic E-state index is -0.819. The number of hydrogen-bond acceptors (Lipinski definition) is 2. The predicted molar refractivity (Wildman–Crippen MR) is 33.0 cm³/mol. The number of likely N-dealkylation sites (tertiary alicyclic amines) is 1. The lowest BCUT2D eigenvalue weighted by Crippen LogP contribution is -2.16. The molecule has 54 valence electrons. The highest BCUT2D eigenvalue weighted by molar-refractivity contribution is 4.81. The maximum Gasteiger partial charge on any atom is 0.119 e. The summed E-state index contributed by atoms with van der Waals surface area (Å²) in [5, 5.41) is 8.59. The van der Waals surface area contributed by atoms with Crippen LogP contribution in [0, 0.1) is 5.92 Å². The highest BCUT2D eigenvalue weighted by Crippen LogP contribution is 2.17. The molecular weight excluding hydrogens is 121 g/mol. The monoisotopic (exact) mass is 133 g/mol. The van der Waals surface area contributed by atoms with Crippen LogP contribution < -0.4 is 0 Å². The molecule has 1 rings (SSSR count). The fourth-order valence-corrected chi connectivity index (χ4v) is 1.21. The molecule has 0 spiro atoms. The first-order chi connectivity index (χ1) is 4.24. The highest BCUT2D eigenvalue weighted by Gasteiger charge is 2.29. The van der Waals surface area contributed by atoms with Crippen molar-refractivity contribution < 1.29 is 9.50 Å². The SMILES string of the molecule is CN1C[C@@H](CO)[C@@H](F)C1. The van der Waals surface area contributed by atoms with Crippen LogP contribution >= 0.6 is 0 Å². The van der Waals surface area contributed by atoms with E-state index >= 15 is 0 Å². The Balaban J connectivity index is 2.38. The summed E-state index contributed by atoms with van der Waals surface area (Å²) < 4.78 is 12.6. The van der Waals surface area contributed by atoms with Gasteiger partial charge in [-0.15, -0.1) is 0 Å². The van der Waals surface area contributed by atoms with E-state index in [1.807, 2.05) is 11.9 Å². The van der Waals surface area contributed by atoms with Crippen molar-refractivity contribution in [1.82, 2.24) is 4.90 Å². The van der Waals surface area contributed by atoms with Crippen molar-refractivity contribution >= 4 is 0 Å². The van der Waals surface area contributed by atoms with Crippen molar-refractivity contribution in [3.63, 3.8) is 0 Å². The van der Waals surface area contributed by atoms with E-state index in [0.29, 0.717) is 13.1 Å². The van der Waals surface area contributed by atoms with Crippen LogP contribution in [0.4, 0.5) is 4.39 Å². The number of halogens is 1. The standard InChI is InChI=1S/C6H12FNO/c1-8-2-5(4-9)6(7)3-8/h5-6,9H,2-4H2,1H3/t5-,6-/m0/s1. The van der Waals surface area contributed by atoms with Crippen LogP contribution in [0.5, 0.6) is 0 Å². The molecule has 1 heterocycles. The minimum Gasteiger partial charge on any atom is -0.396 e. The maximum absolute atomic E-state index is 12.6. The lowest BCUT2D eigenvalue weighted by atomic mass is 10.1. The highest BCUT2D eigenvalue weighted by atomic mass is 19.1. The molecule has 0 unspecified atom stereocenters. The summed E-state index contributed by atoms with van der Waals surface area (Å²) in [5.41, 5.74) is 0. The number of hydrogen-bond donors (Lipinski definition) is 1. The third-order valence-electron chi connectivity index (χ3n) is 1.78. The van der Waals surface area contributed by atoms with Gasteiger partial charge in [0.25, 0.3) is 0 Å². The van der Waals surface area contributed by atoms with Gasteiger partial charge >= 0.3 is 0 Å². The van der Waals surface area contributed by atoms with Crippen LogP contribution in [0.15, 0.2) is 0 Å². The first-order valence-corrected chi connectivity index (χ1v) is 3.17. The number of rotatable bonds is 1. The predicted octanol–water partition coefficient (Wildman–Crippen LogP) is -0.122. The molecule has 0 aliphatic carbocycles. The third kappa shape index (κ3) is 1.40. The second-order valence-electron chi connectivity index (χ2n) is 2.68. The van der Waals surface area contributed by atoms with Crippen molar-refractivity contribution in [2.45, 2.75) is 6.17 Å². The Labute approximate surface area is 54.3 Å². The molecule has 0 bridgehead atoms. The molecule has 0 saturated carbocycles. The molecule has 0 aromatic heterocycles. The summed E-state index contributed by atoms with van der Waals surface area (Å²) in [5.74, 6) is -0.144. The Morgan fingerprint density at radius 3 is 2.56 bits per heavy atom. The molecule has 2 nitrogen and oxygen atoms in total. The Bertz CT molecular complexity index is 99.1. The third-order valence-corrected chi connectivity index (χ3v) is 1.78. The molecule has 1 aliphatic rings. The fraction of sp³-hybridized carbons (Fsp3) is 1.00. The van der Waals surface area contributed by atoms with Crippen molar-refractivity contribution in [3.05, 3.63) is 0 Å². The van der Waals surface area contributed by atoms with E-state index < -0.39 is 6.17 Å². The Hall–Kier alpha value is -0.150. The van der Waals surface area contributed by atoms with Gasteiger partial charge in [0.05, 0.1) is 0 Å². The first kappa shape index (κ1) is 6.96. The van der Waals surface area contributed by atoms with Gasteiger partial charge < -0.3 is 10.0 Å². The van der Waals surface area contributed by atoms with E-state index in [-0.39, 0.29) is 12.5 Å². The van der Waals surface area contributed by atoms with Gasteiger partial charge in [0, 0.05) is 25.6 Å². The Morgan fingerprint density at radius 2 is 2.33 bits per heavy atom. The van der Waals surface area contributed by atoms with Gasteiger partial charge in [0.2, 0.25) is 0 Å². The number of alkyl halides is 1. The smallest absolute Gasteiger partial charge is 0.119 e. The van der Waals surface area contributed by atoms with Crippen LogP contribution in [0.1, 0.15) is 0 Å². The zero-order chi connectivity index (χ0) is 6.85. The van der Waals surface area contributed by atoms with E-state index in [9.17, 15) is 4.39 Å². The number of nitrogens with zero attached hydrogens (tertiary/aromatic N) is 1. The first-order valence-electron chi connectivity index (χ1n) is 3.17. The number of aliphatic hydroxyl groups excluding tert-OH is 1. The van der Waals surface area contributed by atoms with Crippen LogP contribution in [0.2, 0.25) is 0 Å². The average Bonchev–Trinajstić information content (AvgIpc) is 2.10. The molecule has 1 fully saturated rings.